The number of likely N-dealkylation sites (tertiary alicyclic amines) is 1. The minimum absolute atomic E-state index is 0.663. The van der Waals surface area contributed by atoms with Gasteiger partial charge in [-0.15, -0.1) is 0 Å². The second-order valence-corrected chi connectivity index (χ2v) is 5.65. The highest BCUT2D eigenvalue weighted by Gasteiger charge is 2.32. The van der Waals surface area contributed by atoms with Gasteiger partial charge in [0.05, 0.1) is 5.60 Å². The zero-order valence-electron chi connectivity index (χ0n) is 11.8. The summed E-state index contributed by atoms with van der Waals surface area (Å²) in [7, 11) is 2.10. The largest absolute Gasteiger partial charge is 0.385 e. The monoisotopic (exact) mass is 268 g/mol. The smallest absolute Gasteiger partial charge is 0.0920 e. The molecule has 20 heavy (non-hydrogen) atoms. The van der Waals surface area contributed by atoms with Gasteiger partial charge in [0.1, 0.15) is 0 Å². The van der Waals surface area contributed by atoms with Crippen LogP contribution in [0.4, 0.5) is 0 Å². The Hall–Kier alpha value is -1.71. The predicted octanol–water partition coefficient (Wildman–Crippen LogP) is 2.66. The molecule has 0 bridgehead atoms. The van der Waals surface area contributed by atoms with Gasteiger partial charge < -0.3 is 10.0 Å². The summed E-state index contributed by atoms with van der Waals surface area (Å²) in [5.41, 5.74) is 2.68. The first-order chi connectivity index (χ1) is 9.67. The molecule has 1 aromatic carbocycles. The lowest BCUT2D eigenvalue weighted by Gasteiger charge is -2.37. The maximum Gasteiger partial charge on any atom is 0.0920 e. The van der Waals surface area contributed by atoms with E-state index in [1.54, 1.807) is 12.4 Å². The van der Waals surface area contributed by atoms with Crippen LogP contribution >= 0.6 is 0 Å². The number of pyridine rings is 1. The second-order valence-electron chi connectivity index (χ2n) is 5.65. The Kier molecular flexibility index (Phi) is 3.55. The highest BCUT2D eigenvalue weighted by molar-refractivity contribution is 5.63. The quantitative estimate of drug-likeness (QED) is 0.909. The molecule has 0 amide bonds. The van der Waals surface area contributed by atoms with Gasteiger partial charge in [-0.25, -0.2) is 0 Å². The van der Waals surface area contributed by atoms with Crippen LogP contribution in [-0.4, -0.2) is 35.1 Å². The molecular formula is C17H20N2O. The Morgan fingerprint density at radius 2 is 1.50 bits per heavy atom. The molecule has 1 saturated heterocycles. The lowest BCUT2D eigenvalue weighted by molar-refractivity contribution is -0.0203. The Morgan fingerprint density at radius 1 is 0.950 bits per heavy atom. The molecule has 1 N–H and O–H groups in total. The molecule has 0 radical (unpaired) electrons. The summed E-state index contributed by atoms with van der Waals surface area (Å²) in [4.78, 5) is 6.30. The molecule has 0 aliphatic carbocycles. The van der Waals surface area contributed by atoms with Crippen LogP contribution in [0.3, 0.4) is 0 Å². The van der Waals surface area contributed by atoms with Crippen LogP contribution in [0.25, 0.3) is 11.1 Å². The van der Waals surface area contributed by atoms with Crippen LogP contribution in [0.1, 0.15) is 18.4 Å². The molecule has 3 rings (SSSR count). The van der Waals surface area contributed by atoms with Crippen LogP contribution in [0.2, 0.25) is 0 Å². The van der Waals surface area contributed by atoms with Crippen molar-refractivity contribution >= 4 is 0 Å². The Bertz CT molecular complexity index is 557. The fraction of sp³-hybridized carbons (Fsp3) is 0.353. The molecule has 1 fully saturated rings. The van der Waals surface area contributed by atoms with Crippen molar-refractivity contribution in [2.24, 2.45) is 0 Å². The SMILES string of the molecule is CN1CCC(O)(c2ccc(-c3ccncc3)cc2)CC1. The molecule has 0 unspecified atom stereocenters. The molecule has 1 aliphatic heterocycles. The molecule has 3 nitrogen and oxygen atoms in total. The summed E-state index contributed by atoms with van der Waals surface area (Å²) in [6, 6.07) is 12.3. The predicted molar refractivity (Wildman–Crippen MR) is 80.3 cm³/mol. The van der Waals surface area contributed by atoms with E-state index in [-0.39, 0.29) is 0 Å². The third kappa shape index (κ3) is 2.60. The van der Waals surface area contributed by atoms with E-state index >= 15 is 0 Å². The van der Waals surface area contributed by atoms with E-state index in [9.17, 15) is 5.11 Å². The van der Waals surface area contributed by atoms with Crippen molar-refractivity contribution in [2.45, 2.75) is 18.4 Å². The lowest BCUT2D eigenvalue weighted by Crippen LogP contribution is -2.40. The van der Waals surface area contributed by atoms with Gasteiger partial charge in [0, 0.05) is 25.5 Å². The van der Waals surface area contributed by atoms with Gasteiger partial charge in [0.25, 0.3) is 0 Å². The number of aromatic nitrogens is 1. The number of rotatable bonds is 2. The van der Waals surface area contributed by atoms with Gasteiger partial charge >= 0.3 is 0 Å². The highest BCUT2D eigenvalue weighted by atomic mass is 16.3. The van der Waals surface area contributed by atoms with Crippen molar-refractivity contribution in [1.29, 1.82) is 0 Å². The van der Waals surface area contributed by atoms with E-state index in [1.165, 1.54) is 0 Å². The molecule has 2 heterocycles. The number of hydrogen-bond donors (Lipinski definition) is 1. The average molecular weight is 268 g/mol. The number of benzene rings is 1. The summed E-state index contributed by atoms with van der Waals surface area (Å²) >= 11 is 0. The summed E-state index contributed by atoms with van der Waals surface area (Å²) in [5, 5.41) is 10.8. The normalized spacial score (nSPS) is 18.9. The second kappa shape index (κ2) is 5.35. The van der Waals surface area contributed by atoms with Crippen molar-refractivity contribution in [3.8, 4) is 11.1 Å². The van der Waals surface area contributed by atoms with Gasteiger partial charge in [-0.2, -0.15) is 0 Å². The van der Waals surface area contributed by atoms with E-state index in [2.05, 4.69) is 41.2 Å². The number of aliphatic hydroxyl groups is 1. The van der Waals surface area contributed by atoms with Crippen molar-refractivity contribution in [1.82, 2.24) is 9.88 Å². The van der Waals surface area contributed by atoms with Crippen LogP contribution in [0, 0.1) is 0 Å². The third-order valence-corrected chi connectivity index (χ3v) is 4.25. The molecule has 2 aromatic rings. The van der Waals surface area contributed by atoms with Crippen molar-refractivity contribution in [3.63, 3.8) is 0 Å². The standard InChI is InChI=1S/C17H20N2O/c1-19-12-8-17(20,9-13-19)16-4-2-14(3-5-16)15-6-10-18-11-7-15/h2-7,10-11,20H,8-9,12-13H2,1H3. The van der Waals surface area contributed by atoms with Gasteiger partial charge in [-0.05, 0) is 48.7 Å². The molecule has 0 atom stereocenters. The topological polar surface area (TPSA) is 36.4 Å². The Morgan fingerprint density at radius 3 is 2.10 bits per heavy atom. The average Bonchev–Trinajstić information content (AvgIpc) is 2.52. The maximum absolute atomic E-state index is 10.8. The van der Waals surface area contributed by atoms with E-state index in [1.807, 2.05) is 12.1 Å². The fourth-order valence-corrected chi connectivity index (χ4v) is 2.79. The molecule has 3 heteroatoms. The fourth-order valence-electron chi connectivity index (χ4n) is 2.79. The van der Waals surface area contributed by atoms with Crippen molar-refractivity contribution in [2.75, 3.05) is 20.1 Å². The molecular weight excluding hydrogens is 248 g/mol. The zero-order chi connectivity index (χ0) is 14.0. The molecule has 0 spiro atoms. The van der Waals surface area contributed by atoms with Crippen LogP contribution in [0.5, 0.6) is 0 Å². The van der Waals surface area contributed by atoms with E-state index in [0.717, 1.165) is 42.6 Å². The number of nitrogens with zero attached hydrogens (tertiary/aromatic N) is 2. The van der Waals surface area contributed by atoms with Crippen LogP contribution < -0.4 is 0 Å². The van der Waals surface area contributed by atoms with Crippen LogP contribution in [0.15, 0.2) is 48.8 Å². The molecule has 104 valence electrons. The van der Waals surface area contributed by atoms with E-state index in [0.29, 0.717) is 0 Å². The van der Waals surface area contributed by atoms with Crippen molar-refractivity contribution < 1.29 is 5.11 Å². The summed E-state index contributed by atoms with van der Waals surface area (Å²) in [5.74, 6) is 0. The maximum atomic E-state index is 10.8. The third-order valence-electron chi connectivity index (χ3n) is 4.25. The number of hydrogen-bond acceptors (Lipinski definition) is 3. The minimum Gasteiger partial charge on any atom is -0.385 e. The van der Waals surface area contributed by atoms with Gasteiger partial charge in [-0.1, -0.05) is 24.3 Å². The van der Waals surface area contributed by atoms with Crippen LogP contribution in [-0.2, 0) is 5.60 Å². The highest BCUT2D eigenvalue weighted by Crippen LogP contribution is 2.33. The first-order valence-corrected chi connectivity index (χ1v) is 7.09. The zero-order valence-corrected chi connectivity index (χ0v) is 11.8. The van der Waals surface area contributed by atoms with Gasteiger partial charge in [-0.3, -0.25) is 4.98 Å². The molecule has 1 aromatic heterocycles. The number of piperidine rings is 1. The molecule has 0 saturated carbocycles. The van der Waals surface area contributed by atoms with Crippen molar-refractivity contribution in [3.05, 3.63) is 54.4 Å². The Balaban J connectivity index is 1.83. The first-order valence-electron chi connectivity index (χ1n) is 7.09. The van der Waals surface area contributed by atoms with E-state index < -0.39 is 5.60 Å². The molecule has 1 aliphatic rings. The lowest BCUT2D eigenvalue weighted by atomic mass is 9.84. The van der Waals surface area contributed by atoms with Gasteiger partial charge in [0.15, 0.2) is 0 Å². The van der Waals surface area contributed by atoms with Gasteiger partial charge in [0.2, 0.25) is 0 Å². The summed E-state index contributed by atoms with van der Waals surface area (Å²) < 4.78 is 0. The summed E-state index contributed by atoms with van der Waals surface area (Å²) in [6.07, 6.45) is 5.21. The Labute approximate surface area is 119 Å². The minimum atomic E-state index is -0.663. The first kappa shape index (κ1) is 13.3. The van der Waals surface area contributed by atoms with E-state index in [4.69, 9.17) is 0 Å². The summed E-state index contributed by atoms with van der Waals surface area (Å²) in [6.45, 7) is 1.89.